The van der Waals surface area contributed by atoms with Gasteiger partial charge in [-0.25, -0.2) is 4.39 Å². The van der Waals surface area contributed by atoms with Crippen LogP contribution in [-0.4, -0.2) is 4.98 Å². The number of hydrogen-bond donors (Lipinski definition) is 0. The summed E-state index contributed by atoms with van der Waals surface area (Å²) in [5.41, 5.74) is 2.36. The van der Waals surface area contributed by atoms with Gasteiger partial charge in [-0.15, -0.1) is 0 Å². The third-order valence-electron chi connectivity index (χ3n) is 3.65. The lowest BCUT2D eigenvalue weighted by Gasteiger charge is -2.10. The largest absolute Gasteiger partial charge is 0.256 e. The van der Waals surface area contributed by atoms with Gasteiger partial charge >= 0.3 is 0 Å². The van der Waals surface area contributed by atoms with Crippen LogP contribution in [0.3, 0.4) is 0 Å². The van der Waals surface area contributed by atoms with Crippen molar-refractivity contribution in [3.05, 3.63) is 89.4 Å². The fourth-order valence-corrected chi connectivity index (χ4v) is 2.36. The maximum Gasteiger partial charge on any atom is 0.126 e. The van der Waals surface area contributed by atoms with Crippen molar-refractivity contribution >= 4 is 0 Å². The van der Waals surface area contributed by atoms with E-state index in [1.807, 2.05) is 0 Å². The summed E-state index contributed by atoms with van der Waals surface area (Å²) in [6.45, 7) is 3.58. The summed E-state index contributed by atoms with van der Waals surface area (Å²) >= 11 is 0. The summed E-state index contributed by atoms with van der Waals surface area (Å²) in [6.07, 6.45) is -0.344. The van der Waals surface area contributed by atoms with E-state index in [0.717, 1.165) is 5.56 Å². The summed E-state index contributed by atoms with van der Waals surface area (Å²) in [6, 6.07) is 16.5. The van der Waals surface area contributed by atoms with Crippen molar-refractivity contribution in [2.75, 3.05) is 0 Å². The molecule has 0 unspecified atom stereocenters. The molecule has 0 radical (unpaired) electrons. The van der Waals surface area contributed by atoms with Crippen LogP contribution in [0.4, 0.5) is 4.39 Å². The molecule has 116 valence electrons. The third kappa shape index (κ3) is 3.65. The standard InChI is InChI=1S/C21H20FN/c1-15(2)17-10-11-23-21(14-17)18-8-9-20(22)19(13-18)12-16-6-4-3-5-7-16/h3-11,13-15H,12H2,1-2H3/i12D2,15D. The molecule has 0 saturated carbocycles. The lowest BCUT2D eigenvalue weighted by Crippen LogP contribution is -1.95. The van der Waals surface area contributed by atoms with Gasteiger partial charge in [-0.3, -0.25) is 4.98 Å². The number of halogens is 1. The van der Waals surface area contributed by atoms with Crippen molar-refractivity contribution in [2.45, 2.75) is 26.1 Å². The Morgan fingerprint density at radius 1 is 1.09 bits per heavy atom. The molecule has 1 aromatic heterocycles. The van der Waals surface area contributed by atoms with Gasteiger partial charge in [-0.2, -0.15) is 0 Å². The van der Waals surface area contributed by atoms with Gasteiger partial charge in [-0.1, -0.05) is 44.2 Å². The SMILES string of the molecule is [2H]C(C)(C)c1ccnc(-c2ccc(F)c(C([2H])([2H])c3ccccc3)c2)c1. The number of rotatable bonds is 4. The Labute approximate surface area is 141 Å². The van der Waals surface area contributed by atoms with Crippen molar-refractivity contribution in [1.29, 1.82) is 0 Å². The lowest BCUT2D eigenvalue weighted by molar-refractivity contribution is 0.614. The molecule has 0 aliphatic rings. The second-order valence-electron chi connectivity index (χ2n) is 5.62. The highest BCUT2D eigenvalue weighted by atomic mass is 19.1. The van der Waals surface area contributed by atoms with E-state index < -0.39 is 18.1 Å². The molecule has 0 atom stereocenters. The Bertz CT molecular complexity index is 918. The number of pyridine rings is 1. The van der Waals surface area contributed by atoms with Crippen LogP contribution in [0.5, 0.6) is 0 Å². The molecule has 0 amide bonds. The quantitative estimate of drug-likeness (QED) is 0.611. The summed E-state index contributed by atoms with van der Waals surface area (Å²) in [5.74, 6) is -1.38. The maximum absolute atomic E-state index is 14.4. The molecular weight excluding hydrogens is 285 g/mol. The molecule has 2 heteroatoms. The Morgan fingerprint density at radius 3 is 2.61 bits per heavy atom. The van der Waals surface area contributed by atoms with Gasteiger partial charge in [0.05, 0.1) is 5.69 Å². The van der Waals surface area contributed by atoms with Gasteiger partial charge in [0.2, 0.25) is 0 Å². The van der Waals surface area contributed by atoms with Crippen LogP contribution in [-0.2, 0) is 6.37 Å². The van der Waals surface area contributed by atoms with Crippen LogP contribution in [0.25, 0.3) is 11.3 Å². The first-order valence-electron chi connectivity index (χ1n) is 9.02. The lowest BCUT2D eigenvalue weighted by atomic mass is 9.98. The highest BCUT2D eigenvalue weighted by Crippen LogP contribution is 2.25. The van der Waals surface area contributed by atoms with Gasteiger partial charge in [0.15, 0.2) is 0 Å². The van der Waals surface area contributed by atoms with E-state index in [9.17, 15) is 4.39 Å². The molecule has 3 aromatic rings. The van der Waals surface area contributed by atoms with E-state index in [1.165, 1.54) is 12.1 Å². The normalized spacial score (nSPS) is 14.0. The van der Waals surface area contributed by atoms with Gasteiger partial charge in [-0.05, 0) is 52.9 Å². The van der Waals surface area contributed by atoms with Crippen LogP contribution in [0, 0.1) is 5.82 Å². The fourth-order valence-electron chi connectivity index (χ4n) is 2.36. The van der Waals surface area contributed by atoms with Crippen LogP contribution < -0.4 is 0 Å². The number of benzene rings is 2. The first-order valence-corrected chi connectivity index (χ1v) is 7.52. The van der Waals surface area contributed by atoms with Gasteiger partial charge < -0.3 is 0 Å². The second-order valence-corrected chi connectivity index (χ2v) is 5.62. The van der Waals surface area contributed by atoms with Crippen molar-refractivity contribution in [2.24, 2.45) is 0 Å². The van der Waals surface area contributed by atoms with Crippen LogP contribution in [0.2, 0.25) is 0 Å². The first-order chi connectivity index (χ1) is 12.2. The van der Waals surface area contributed by atoms with E-state index in [4.69, 9.17) is 4.11 Å². The van der Waals surface area contributed by atoms with Crippen LogP contribution >= 0.6 is 0 Å². The minimum Gasteiger partial charge on any atom is -0.256 e. The molecule has 2 aromatic carbocycles. The van der Waals surface area contributed by atoms with Crippen molar-refractivity contribution in [3.8, 4) is 11.3 Å². The maximum atomic E-state index is 14.4. The van der Waals surface area contributed by atoms with E-state index >= 15 is 0 Å². The highest BCUT2D eigenvalue weighted by molar-refractivity contribution is 5.61. The summed E-state index contributed by atoms with van der Waals surface area (Å²) in [4.78, 5) is 4.32. The molecule has 1 heterocycles. The number of aromatic nitrogens is 1. The monoisotopic (exact) mass is 308 g/mol. The molecule has 0 bridgehead atoms. The first kappa shape index (κ1) is 12.0. The predicted molar refractivity (Wildman–Crippen MR) is 93.0 cm³/mol. The molecule has 0 aliphatic carbocycles. The Balaban J connectivity index is 2.09. The van der Waals surface area contributed by atoms with E-state index in [2.05, 4.69) is 4.98 Å². The Hall–Kier alpha value is -2.48. The zero-order valence-electron chi connectivity index (χ0n) is 16.2. The molecular formula is C21H20FN. The third-order valence-corrected chi connectivity index (χ3v) is 3.65. The highest BCUT2D eigenvalue weighted by Gasteiger charge is 2.08. The second kappa shape index (κ2) is 6.74. The fraction of sp³-hybridized carbons (Fsp3) is 0.190. The van der Waals surface area contributed by atoms with Crippen LogP contribution in [0.1, 0.15) is 40.5 Å². The van der Waals surface area contributed by atoms with E-state index in [1.54, 1.807) is 68.6 Å². The molecule has 0 fully saturated rings. The number of nitrogens with zero attached hydrogens (tertiary/aromatic N) is 1. The predicted octanol–water partition coefficient (Wildman–Crippen LogP) is 5.60. The Morgan fingerprint density at radius 2 is 1.87 bits per heavy atom. The van der Waals surface area contributed by atoms with E-state index in [0.29, 0.717) is 16.8 Å². The zero-order chi connectivity index (χ0) is 18.9. The summed E-state index contributed by atoms with van der Waals surface area (Å²) in [7, 11) is 0. The summed E-state index contributed by atoms with van der Waals surface area (Å²) in [5, 5.41) is 0. The molecule has 0 aliphatic heterocycles. The van der Waals surface area contributed by atoms with Gasteiger partial charge in [0.1, 0.15) is 5.82 Å². The van der Waals surface area contributed by atoms with Gasteiger partial charge in [0.25, 0.3) is 0 Å². The van der Waals surface area contributed by atoms with Crippen molar-refractivity contribution in [1.82, 2.24) is 4.98 Å². The van der Waals surface area contributed by atoms with Crippen LogP contribution in [0.15, 0.2) is 66.9 Å². The molecule has 0 saturated heterocycles. The molecule has 1 nitrogen and oxygen atoms in total. The van der Waals surface area contributed by atoms with Crippen molar-refractivity contribution < 1.29 is 8.50 Å². The topological polar surface area (TPSA) is 12.9 Å². The molecule has 0 N–H and O–H groups in total. The van der Waals surface area contributed by atoms with Gasteiger partial charge in [0, 0.05) is 22.2 Å². The van der Waals surface area contributed by atoms with Crippen molar-refractivity contribution in [3.63, 3.8) is 0 Å². The minimum absolute atomic E-state index is 0.0291. The molecule has 3 rings (SSSR count). The van der Waals surface area contributed by atoms with E-state index in [-0.39, 0.29) is 5.56 Å². The number of hydrogen-bond acceptors (Lipinski definition) is 1. The minimum atomic E-state index is -1.96. The smallest absolute Gasteiger partial charge is 0.126 e. The average molecular weight is 308 g/mol. The molecule has 0 spiro atoms. The average Bonchev–Trinajstić information content (AvgIpc) is 2.62. The Kier molecular flexibility index (Phi) is 3.52. The molecule has 23 heavy (non-hydrogen) atoms. The summed E-state index contributed by atoms with van der Waals surface area (Å²) < 4.78 is 39.5. The zero-order valence-corrected chi connectivity index (χ0v) is 13.2.